The van der Waals surface area contributed by atoms with Gasteiger partial charge in [0.25, 0.3) is 0 Å². The van der Waals surface area contributed by atoms with Crippen LogP contribution in [0.4, 0.5) is 0 Å². The van der Waals surface area contributed by atoms with Gasteiger partial charge < -0.3 is 14.7 Å². The van der Waals surface area contributed by atoms with Crippen LogP contribution in [0.2, 0.25) is 0 Å². The number of aliphatic hydroxyl groups is 1. The Labute approximate surface area is 66.8 Å². The molecule has 0 radical (unpaired) electrons. The maximum absolute atomic E-state index is 10.3. The first-order valence-corrected chi connectivity index (χ1v) is 3.59. The number of aliphatic hydroxyl groups excluding tert-OH is 1. The summed E-state index contributed by atoms with van der Waals surface area (Å²) in [5, 5.41) is 8.50. The molecular weight excluding hydrogens is 146 g/mol. The molecule has 0 aromatic heterocycles. The molecule has 0 spiro atoms. The van der Waals surface area contributed by atoms with Crippen molar-refractivity contribution in [2.45, 2.75) is 6.92 Å². The van der Waals surface area contributed by atoms with E-state index in [1.807, 2.05) is 11.9 Å². The highest BCUT2D eigenvalue weighted by Crippen LogP contribution is 1.82. The van der Waals surface area contributed by atoms with E-state index in [1.165, 1.54) is 6.92 Å². The molecule has 0 aliphatic heterocycles. The number of hydrogen-bond acceptors (Lipinski definition) is 4. The molecule has 11 heavy (non-hydrogen) atoms. The van der Waals surface area contributed by atoms with Crippen LogP contribution in [-0.2, 0) is 9.53 Å². The number of hydrogen-bond donors (Lipinski definition) is 1. The van der Waals surface area contributed by atoms with Gasteiger partial charge >= 0.3 is 5.97 Å². The van der Waals surface area contributed by atoms with Crippen LogP contribution in [0.1, 0.15) is 6.92 Å². The largest absolute Gasteiger partial charge is 0.465 e. The number of esters is 1. The minimum absolute atomic E-state index is 0.135. The number of carbonyl (C=O) groups excluding carboxylic acids is 1. The molecule has 0 aliphatic carbocycles. The Bertz CT molecular complexity index is 116. The van der Waals surface area contributed by atoms with Gasteiger partial charge in [-0.15, -0.1) is 0 Å². The quantitative estimate of drug-likeness (QED) is 0.551. The predicted molar refractivity (Wildman–Crippen MR) is 41.2 cm³/mol. The van der Waals surface area contributed by atoms with Gasteiger partial charge in [0.1, 0.15) is 6.61 Å². The van der Waals surface area contributed by atoms with E-state index in [2.05, 4.69) is 0 Å². The monoisotopic (exact) mass is 161 g/mol. The number of rotatable bonds is 5. The minimum Gasteiger partial charge on any atom is -0.465 e. The summed E-state index contributed by atoms with van der Waals surface area (Å²) in [4.78, 5) is 12.2. The molecular formula is C7H15NO3. The Balaban J connectivity index is 3.16. The van der Waals surface area contributed by atoms with Crippen molar-refractivity contribution in [1.29, 1.82) is 0 Å². The predicted octanol–water partition coefficient (Wildman–Crippen LogP) is -0.526. The first-order valence-electron chi connectivity index (χ1n) is 3.59. The highest BCUT2D eigenvalue weighted by atomic mass is 16.5. The fourth-order valence-electron chi connectivity index (χ4n) is 0.628. The zero-order valence-corrected chi connectivity index (χ0v) is 7.04. The Kier molecular flexibility index (Phi) is 5.78. The average molecular weight is 161 g/mol. The third kappa shape index (κ3) is 7.29. The SMILES string of the molecule is CC(=O)OCCN(C)CCO. The molecule has 0 bridgehead atoms. The van der Waals surface area contributed by atoms with Crippen LogP contribution in [0.15, 0.2) is 0 Å². The second-order valence-electron chi connectivity index (χ2n) is 2.37. The lowest BCUT2D eigenvalue weighted by Crippen LogP contribution is -2.26. The summed E-state index contributed by atoms with van der Waals surface area (Å²) in [6.45, 7) is 3.19. The van der Waals surface area contributed by atoms with Crippen LogP contribution in [0, 0.1) is 0 Å². The van der Waals surface area contributed by atoms with E-state index in [4.69, 9.17) is 9.84 Å². The summed E-state index contributed by atoms with van der Waals surface area (Å²) >= 11 is 0. The number of ether oxygens (including phenoxy) is 1. The van der Waals surface area contributed by atoms with Crippen molar-refractivity contribution in [3.8, 4) is 0 Å². The molecule has 4 nitrogen and oxygen atoms in total. The molecule has 1 N–H and O–H groups in total. The summed E-state index contributed by atoms with van der Waals surface area (Å²) < 4.78 is 4.70. The Morgan fingerprint density at radius 1 is 1.55 bits per heavy atom. The highest BCUT2D eigenvalue weighted by Gasteiger charge is 1.97. The number of likely N-dealkylation sites (N-methyl/N-ethyl adjacent to an activating group) is 1. The van der Waals surface area contributed by atoms with Crippen molar-refractivity contribution in [3.05, 3.63) is 0 Å². The second-order valence-corrected chi connectivity index (χ2v) is 2.37. The maximum atomic E-state index is 10.3. The van der Waals surface area contributed by atoms with E-state index >= 15 is 0 Å². The summed E-state index contributed by atoms with van der Waals surface area (Å²) in [5.41, 5.74) is 0. The van der Waals surface area contributed by atoms with E-state index in [9.17, 15) is 4.79 Å². The van der Waals surface area contributed by atoms with Gasteiger partial charge in [-0.2, -0.15) is 0 Å². The summed E-state index contributed by atoms with van der Waals surface area (Å²) in [7, 11) is 1.86. The Hall–Kier alpha value is -0.610. The van der Waals surface area contributed by atoms with Crippen LogP contribution in [0.3, 0.4) is 0 Å². The van der Waals surface area contributed by atoms with Crippen LogP contribution in [0.25, 0.3) is 0 Å². The third-order valence-corrected chi connectivity index (χ3v) is 1.26. The van der Waals surface area contributed by atoms with Crippen molar-refractivity contribution < 1.29 is 14.6 Å². The van der Waals surface area contributed by atoms with Crippen molar-refractivity contribution in [1.82, 2.24) is 4.90 Å². The molecule has 66 valence electrons. The fourth-order valence-corrected chi connectivity index (χ4v) is 0.628. The molecule has 0 rings (SSSR count). The van der Waals surface area contributed by atoms with Gasteiger partial charge in [-0.1, -0.05) is 0 Å². The Morgan fingerprint density at radius 3 is 2.64 bits per heavy atom. The van der Waals surface area contributed by atoms with Crippen molar-refractivity contribution in [2.75, 3.05) is 33.4 Å². The third-order valence-electron chi connectivity index (χ3n) is 1.26. The molecule has 0 aromatic rings. The fraction of sp³-hybridized carbons (Fsp3) is 0.857. The summed E-state index contributed by atoms with van der Waals surface area (Å²) in [5.74, 6) is -0.262. The zero-order valence-electron chi connectivity index (χ0n) is 7.04. The van der Waals surface area contributed by atoms with Gasteiger partial charge in [-0.3, -0.25) is 4.79 Å². The lowest BCUT2D eigenvalue weighted by atomic mass is 10.5. The van der Waals surface area contributed by atoms with Gasteiger partial charge in [0.15, 0.2) is 0 Å². The molecule has 0 aromatic carbocycles. The molecule has 0 unspecified atom stereocenters. The molecule has 0 aliphatic rings. The number of nitrogens with zero attached hydrogens (tertiary/aromatic N) is 1. The second kappa shape index (κ2) is 6.12. The zero-order chi connectivity index (χ0) is 8.69. The van der Waals surface area contributed by atoms with Gasteiger partial charge in [0.2, 0.25) is 0 Å². The maximum Gasteiger partial charge on any atom is 0.302 e. The highest BCUT2D eigenvalue weighted by molar-refractivity contribution is 5.65. The number of carbonyl (C=O) groups is 1. The van der Waals surface area contributed by atoms with Crippen LogP contribution in [0.5, 0.6) is 0 Å². The smallest absolute Gasteiger partial charge is 0.302 e. The van der Waals surface area contributed by atoms with E-state index in [0.717, 1.165) is 0 Å². The first kappa shape index (κ1) is 10.4. The van der Waals surface area contributed by atoms with E-state index < -0.39 is 0 Å². The topological polar surface area (TPSA) is 49.8 Å². The molecule has 0 saturated carbocycles. The minimum atomic E-state index is -0.262. The van der Waals surface area contributed by atoms with Gasteiger partial charge in [-0.25, -0.2) is 0 Å². The van der Waals surface area contributed by atoms with Gasteiger partial charge in [-0.05, 0) is 7.05 Å². The summed E-state index contributed by atoms with van der Waals surface area (Å²) in [6.07, 6.45) is 0. The Morgan fingerprint density at radius 2 is 2.18 bits per heavy atom. The molecule has 0 saturated heterocycles. The average Bonchev–Trinajstić information content (AvgIpc) is 1.87. The van der Waals surface area contributed by atoms with Gasteiger partial charge in [0.05, 0.1) is 6.61 Å². The summed E-state index contributed by atoms with van der Waals surface area (Å²) in [6, 6.07) is 0. The van der Waals surface area contributed by atoms with Crippen LogP contribution >= 0.6 is 0 Å². The van der Waals surface area contributed by atoms with Crippen molar-refractivity contribution in [3.63, 3.8) is 0 Å². The lowest BCUT2D eigenvalue weighted by molar-refractivity contribution is -0.141. The molecule has 4 heteroatoms. The molecule has 0 atom stereocenters. The van der Waals surface area contributed by atoms with Crippen LogP contribution in [-0.4, -0.2) is 49.3 Å². The van der Waals surface area contributed by atoms with Crippen molar-refractivity contribution in [2.24, 2.45) is 0 Å². The lowest BCUT2D eigenvalue weighted by Gasteiger charge is -2.13. The molecule has 0 amide bonds. The van der Waals surface area contributed by atoms with Crippen molar-refractivity contribution >= 4 is 5.97 Å². The van der Waals surface area contributed by atoms with Crippen LogP contribution < -0.4 is 0 Å². The normalized spacial score (nSPS) is 10.2. The standard InChI is InChI=1S/C7H15NO3/c1-7(10)11-6-4-8(2)3-5-9/h9H,3-6H2,1-2H3. The van der Waals surface area contributed by atoms with E-state index in [1.54, 1.807) is 0 Å². The molecule has 0 fully saturated rings. The van der Waals surface area contributed by atoms with E-state index in [0.29, 0.717) is 19.7 Å². The first-order chi connectivity index (χ1) is 5.16. The molecule has 0 heterocycles. The van der Waals surface area contributed by atoms with Gasteiger partial charge in [0, 0.05) is 20.0 Å². The van der Waals surface area contributed by atoms with E-state index in [-0.39, 0.29) is 12.6 Å².